The topological polar surface area (TPSA) is 46.5 Å². The molecule has 1 aliphatic carbocycles. The Kier molecular flexibility index (Phi) is 5.14. The van der Waals surface area contributed by atoms with Gasteiger partial charge in [-0.1, -0.05) is 31.0 Å². The van der Waals surface area contributed by atoms with Crippen LogP contribution in [0.4, 0.5) is 0 Å². The molecule has 1 aromatic rings. The highest BCUT2D eigenvalue weighted by atomic mass is 32.2. The van der Waals surface area contributed by atoms with Crippen molar-refractivity contribution in [2.24, 2.45) is 0 Å². The van der Waals surface area contributed by atoms with Crippen molar-refractivity contribution in [2.75, 3.05) is 12.9 Å². The minimum absolute atomic E-state index is 0.191. The van der Waals surface area contributed by atoms with Gasteiger partial charge in [-0.15, -0.1) is 11.8 Å². The third kappa shape index (κ3) is 3.66. The zero-order valence-corrected chi connectivity index (χ0v) is 12.0. The molecule has 0 spiro atoms. The van der Waals surface area contributed by atoms with Crippen LogP contribution in [0, 0.1) is 0 Å². The molecule has 0 heterocycles. The Balaban J connectivity index is 2.16. The fraction of sp³-hybridized carbons (Fsp3) is 0.533. The summed E-state index contributed by atoms with van der Waals surface area (Å²) in [4.78, 5) is 10.8. The van der Waals surface area contributed by atoms with Gasteiger partial charge in [0, 0.05) is 5.25 Å². The summed E-state index contributed by atoms with van der Waals surface area (Å²) >= 11 is 1.57. The van der Waals surface area contributed by atoms with E-state index in [1.165, 1.54) is 18.4 Å². The van der Waals surface area contributed by atoms with E-state index in [2.05, 4.69) is 6.07 Å². The Morgan fingerprint density at radius 1 is 1.37 bits per heavy atom. The summed E-state index contributed by atoms with van der Waals surface area (Å²) in [5.41, 5.74) is 1.23. The van der Waals surface area contributed by atoms with Gasteiger partial charge in [-0.05, 0) is 30.4 Å². The lowest BCUT2D eigenvalue weighted by atomic mass is 9.83. The predicted molar refractivity (Wildman–Crippen MR) is 78.1 cm³/mol. The van der Waals surface area contributed by atoms with Crippen molar-refractivity contribution in [3.8, 4) is 5.75 Å². The molecule has 1 fully saturated rings. The van der Waals surface area contributed by atoms with Crippen LogP contribution in [0.5, 0.6) is 5.75 Å². The van der Waals surface area contributed by atoms with E-state index in [0.717, 1.165) is 18.6 Å². The number of carboxylic acids is 1. The molecule has 3 nitrogen and oxygen atoms in total. The maximum absolute atomic E-state index is 10.8. The first-order chi connectivity index (χ1) is 9.22. The number of ether oxygens (including phenoxy) is 1. The first kappa shape index (κ1) is 14.3. The van der Waals surface area contributed by atoms with Crippen molar-refractivity contribution < 1.29 is 14.6 Å². The van der Waals surface area contributed by atoms with Gasteiger partial charge in [-0.25, -0.2) is 0 Å². The van der Waals surface area contributed by atoms with Crippen molar-refractivity contribution in [3.05, 3.63) is 29.8 Å². The summed E-state index contributed by atoms with van der Waals surface area (Å²) in [7, 11) is 1.70. The van der Waals surface area contributed by atoms with Crippen LogP contribution in [0.25, 0.3) is 0 Å². The average Bonchev–Trinajstić information content (AvgIpc) is 2.45. The Bertz CT molecular complexity index is 433. The predicted octanol–water partition coefficient (Wildman–Crippen LogP) is 3.54. The van der Waals surface area contributed by atoms with Crippen LogP contribution >= 0.6 is 11.8 Å². The van der Waals surface area contributed by atoms with Crippen LogP contribution in [0.2, 0.25) is 0 Å². The second kappa shape index (κ2) is 6.85. The number of hydrogen-bond donors (Lipinski definition) is 1. The smallest absolute Gasteiger partial charge is 0.313 e. The molecular weight excluding hydrogens is 260 g/mol. The molecule has 4 heteroatoms. The Hall–Kier alpha value is -1.16. The van der Waals surface area contributed by atoms with E-state index in [-0.39, 0.29) is 5.75 Å². The molecule has 0 radical (unpaired) electrons. The van der Waals surface area contributed by atoms with Gasteiger partial charge in [-0.2, -0.15) is 0 Å². The van der Waals surface area contributed by atoms with Crippen molar-refractivity contribution in [1.82, 2.24) is 0 Å². The van der Waals surface area contributed by atoms with Gasteiger partial charge in [0.2, 0.25) is 0 Å². The van der Waals surface area contributed by atoms with Crippen LogP contribution in [0.3, 0.4) is 0 Å². The summed E-state index contributed by atoms with van der Waals surface area (Å²) in [5, 5.41) is 9.25. The second-order valence-electron chi connectivity index (χ2n) is 4.88. The molecule has 2 rings (SSSR count). The van der Waals surface area contributed by atoms with Crippen LogP contribution in [0.15, 0.2) is 24.3 Å². The highest BCUT2D eigenvalue weighted by Gasteiger charge is 2.29. The first-order valence-corrected chi connectivity index (χ1v) is 7.73. The van der Waals surface area contributed by atoms with Crippen LogP contribution in [-0.2, 0) is 4.79 Å². The van der Waals surface area contributed by atoms with Gasteiger partial charge in [0.1, 0.15) is 5.75 Å². The number of hydrogen-bond acceptors (Lipinski definition) is 3. The number of aliphatic carboxylic acids is 1. The number of rotatable bonds is 5. The van der Waals surface area contributed by atoms with E-state index < -0.39 is 5.97 Å². The summed E-state index contributed by atoms with van der Waals surface area (Å²) in [6, 6.07) is 8.11. The fourth-order valence-corrected chi connectivity index (χ4v) is 4.01. The molecule has 104 valence electrons. The van der Waals surface area contributed by atoms with Gasteiger partial charge >= 0.3 is 5.97 Å². The highest BCUT2D eigenvalue weighted by molar-refractivity contribution is 8.00. The second-order valence-corrected chi connectivity index (χ2v) is 6.10. The van der Waals surface area contributed by atoms with E-state index >= 15 is 0 Å². The molecular formula is C15H20O3S. The largest absolute Gasteiger partial charge is 0.496 e. The maximum atomic E-state index is 10.8. The summed E-state index contributed by atoms with van der Waals surface area (Å²) in [6.45, 7) is 0. The number of thioether (sulfide) groups is 1. The molecule has 1 saturated carbocycles. The van der Waals surface area contributed by atoms with Crippen molar-refractivity contribution in [1.29, 1.82) is 0 Å². The molecule has 1 aliphatic rings. The van der Waals surface area contributed by atoms with Crippen LogP contribution in [-0.4, -0.2) is 29.2 Å². The molecule has 2 atom stereocenters. The number of carbonyl (C=O) groups is 1. The van der Waals surface area contributed by atoms with Gasteiger partial charge in [0.25, 0.3) is 0 Å². The van der Waals surface area contributed by atoms with Gasteiger partial charge in [0.05, 0.1) is 12.9 Å². The van der Waals surface area contributed by atoms with Gasteiger partial charge in [-0.3, -0.25) is 4.79 Å². The lowest BCUT2D eigenvalue weighted by molar-refractivity contribution is -0.133. The minimum Gasteiger partial charge on any atom is -0.496 e. The number of carboxylic acid groups (broad SMARTS) is 1. The van der Waals surface area contributed by atoms with E-state index in [1.54, 1.807) is 18.9 Å². The van der Waals surface area contributed by atoms with Crippen molar-refractivity contribution in [3.63, 3.8) is 0 Å². The van der Waals surface area contributed by atoms with E-state index in [0.29, 0.717) is 11.2 Å². The lowest BCUT2D eigenvalue weighted by Gasteiger charge is -2.32. The maximum Gasteiger partial charge on any atom is 0.313 e. The molecule has 0 aromatic heterocycles. The quantitative estimate of drug-likeness (QED) is 0.896. The lowest BCUT2D eigenvalue weighted by Crippen LogP contribution is -2.22. The number of methoxy groups -OCH3 is 1. The molecule has 19 heavy (non-hydrogen) atoms. The minimum atomic E-state index is -0.727. The third-order valence-corrected chi connectivity index (χ3v) is 5.07. The molecule has 0 amide bonds. The normalized spacial score (nSPS) is 23.0. The monoisotopic (exact) mass is 280 g/mol. The van der Waals surface area contributed by atoms with Crippen LogP contribution < -0.4 is 4.74 Å². The Morgan fingerprint density at radius 3 is 2.84 bits per heavy atom. The van der Waals surface area contributed by atoms with Crippen molar-refractivity contribution >= 4 is 17.7 Å². The van der Waals surface area contributed by atoms with Gasteiger partial charge in [0.15, 0.2) is 0 Å². The Morgan fingerprint density at radius 2 is 2.11 bits per heavy atom. The average molecular weight is 280 g/mol. The zero-order chi connectivity index (χ0) is 13.7. The molecule has 1 N–H and O–H groups in total. The summed E-state index contributed by atoms with van der Waals surface area (Å²) < 4.78 is 5.45. The SMILES string of the molecule is COc1ccccc1[C@H]1CCCC[C@H]1SCC(=O)O. The van der Waals surface area contributed by atoms with Crippen LogP contribution in [0.1, 0.15) is 37.2 Å². The Labute approximate surface area is 118 Å². The van der Waals surface area contributed by atoms with E-state index in [4.69, 9.17) is 9.84 Å². The molecule has 0 saturated heterocycles. The zero-order valence-electron chi connectivity index (χ0n) is 11.2. The standard InChI is InChI=1S/C15H20O3S/c1-18-13-8-4-2-6-11(13)12-7-3-5-9-14(12)19-10-15(16)17/h2,4,6,8,12,14H,3,5,7,9-10H2,1H3,(H,16,17)/t12-,14-/m1/s1. The third-order valence-electron chi connectivity index (χ3n) is 3.66. The molecule has 1 aromatic carbocycles. The summed E-state index contributed by atoms with van der Waals surface area (Å²) in [5.74, 6) is 0.801. The summed E-state index contributed by atoms with van der Waals surface area (Å²) in [6.07, 6.45) is 4.63. The molecule has 0 bridgehead atoms. The number of para-hydroxylation sites is 1. The first-order valence-electron chi connectivity index (χ1n) is 6.68. The number of benzene rings is 1. The van der Waals surface area contributed by atoms with Crippen molar-refractivity contribution in [2.45, 2.75) is 36.9 Å². The molecule has 0 aliphatic heterocycles. The highest BCUT2D eigenvalue weighted by Crippen LogP contribution is 2.42. The van der Waals surface area contributed by atoms with Gasteiger partial charge < -0.3 is 9.84 Å². The van der Waals surface area contributed by atoms with E-state index in [1.807, 2.05) is 18.2 Å². The molecule has 0 unspecified atom stereocenters. The fourth-order valence-electron chi connectivity index (χ4n) is 2.80. The van der Waals surface area contributed by atoms with E-state index in [9.17, 15) is 4.79 Å².